The molecule has 0 unspecified atom stereocenters. The third-order valence-electron chi connectivity index (χ3n) is 4.82. The predicted molar refractivity (Wildman–Crippen MR) is 103 cm³/mol. The maximum atomic E-state index is 13.9. The molecule has 158 valence electrons. The molecular formula is C19H29F2N3O3S. The van der Waals surface area contributed by atoms with Gasteiger partial charge in [-0.25, -0.2) is 17.2 Å². The lowest BCUT2D eigenvalue weighted by molar-refractivity contribution is -0.126. The second-order valence-corrected chi connectivity index (χ2v) is 10.3. The number of rotatable bonds is 7. The van der Waals surface area contributed by atoms with Gasteiger partial charge in [0.15, 0.2) is 0 Å². The quantitative estimate of drug-likeness (QED) is 0.738. The minimum Gasteiger partial charge on any atom is -0.355 e. The summed E-state index contributed by atoms with van der Waals surface area (Å²) in [7, 11) is -0.101. The van der Waals surface area contributed by atoms with Gasteiger partial charge in [-0.05, 0) is 44.5 Å². The van der Waals surface area contributed by atoms with E-state index in [9.17, 15) is 22.0 Å². The fourth-order valence-corrected chi connectivity index (χ4v) is 5.08. The fourth-order valence-electron chi connectivity index (χ4n) is 3.56. The number of hydrogen-bond donors (Lipinski definition) is 1. The van der Waals surface area contributed by atoms with Gasteiger partial charge >= 0.3 is 0 Å². The zero-order valence-corrected chi connectivity index (χ0v) is 17.7. The van der Waals surface area contributed by atoms with Crippen LogP contribution in [0.3, 0.4) is 0 Å². The van der Waals surface area contributed by atoms with Crippen LogP contribution in [0.5, 0.6) is 0 Å². The molecule has 6 nitrogen and oxygen atoms in total. The summed E-state index contributed by atoms with van der Waals surface area (Å²) in [5.41, 5.74) is -0.0800. The second kappa shape index (κ2) is 8.84. The van der Waals surface area contributed by atoms with Gasteiger partial charge in [-0.2, -0.15) is 4.31 Å². The summed E-state index contributed by atoms with van der Waals surface area (Å²) in [6, 6.07) is 2.42. The van der Waals surface area contributed by atoms with E-state index in [1.54, 1.807) is 0 Å². The number of nitrogens with zero attached hydrogens (tertiary/aromatic N) is 2. The van der Waals surface area contributed by atoms with Crippen LogP contribution < -0.4 is 5.32 Å². The Kier molecular flexibility index (Phi) is 7.17. The molecule has 2 rings (SSSR count). The summed E-state index contributed by atoms with van der Waals surface area (Å²) in [5, 5.41) is 2.96. The van der Waals surface area contributed by atoms with Crippen molar-refractivity contribution in [3.63, 3.8) is 0 Å². The standard InChI is InChI=1S/C19H29F2N3O3S/c1-19(2,13-23(3)4)12-22-18(25)14-7-9-24(10-8-14)28(26,27)17-6-5-15(20)11-16(17)21/h5-6,11,14H,7-10,12-13H2,1-4H3,(H,22,25). The Labute approximate surface area is 165 Å². The fraction of sp³-hybridized carbons (Fsp3) is 0.632. The minimum absolute atomic E-state index is 0.0800. The van der Waals surface area contributed by atoms with Crippen LogP contribution in [-0.4, -0.2) is 63.8 Å². The van der Waals surface area contributed by atoms with Gasteiger partial charge < -0.3 is 10.2 Å². The Hall–Kier alpha value is -1.58. The molecule has 1 N–H and O–H groups in total. The smallest absolute Gasteiger partial charge is 0.245 e. The number of halogens is 2. The molecule has 1 heterocycles. The molecule has 0 aromatic heterocycles. The predicted octanol–water partition coefficient (Wildman–Crippen LogP) is 2.07. The maximum absolute atomic E-state index is 13.9. The lowest BCUT2D eigenvalue weighted by atomic mass is 9.91. The van der Waals surface area contributed by atoms with E-state index in [2.05, 4.69) is 24.1 Å². The summed E-state index contributed by atoms with van der Waals surface area (Å²) in [5.74, 6) is -2.30. The van der Waals surface area contributed by atoms with Crippen LogP contribution in [0.1, 0.15) is 26.7 Å². The van der Waals surface area contributed by atoms with Crippen molar-refractivity contribution >= 4 is 15.9 Å². The van der Waals surface area contributed by atoms with Crippen molar-refractivity contribution in [2.45, 2.75) is 31.6 Å². The first-order valence-electron chi connectivity index (χ1n) is 9.30. The third kappa shape index (κ3) is 5.71. The van der Waals surface area contributed by atoms with E-state index in [1.165, 1.54) is 0 Å². The van der Waals surface area contributed by atoms with Gasteiger partial charge in [-0.3, -0.25) is 4.79 Å². The first-order valence-corrected chi connectivity index (χ1v) is 10.7. The highest BCUT2D eigenvalue weighted by molar-refractivity contribution is 7.89. The molecular weight excluding hydrogens is 388 g/mol. The Balaban J connectivity index is 1.94. The lowest BCUT2D eigenvalue weighted by Crippen LogP contribution is -2.46. The van der Waals surface area contributed by atoms with E-state index in [1.807, 2.05) is 14.1 Å². The van der Waals surface area contributed by atoms with Crippen LogP contribution in [0.2, 0.25) is 0 Å². The first kappa shape index (κ1) is 22.7. The summed E-state index contributed by atoms with van der Waals surface area (Å²) in [6.07, 6.45) is 0.726. The van der Waals surface area contributed by atoms with Crippen LogP contribution in [-0.2, 0) is 14.8 Å². The SMILES string of the molecule is CN(C)CC(C)(C)CNC(=O)C1CCN(S(=O)(=O)c2ccc(F)cc2F)CC1. The molecule has 1 fully saturated rings. The molecule has 0 radical (unpaired) electrons. The van der Waals surface area contributed by atoms with Gasteiger partial charge in [0.2, 0.25) is 15.9 Å². The Bertz CT molecular complexity index is 805. The van der Waals surface area contributed by atoms with Crippen LogP contribution in [0.15, 0.2) is 23.1 Å². The van der Waals surface area contributed by atoms with Gasteiger partial charge in [0.1, 0.15) is 16.5 Å². The van der Waals surface area contributed by atoms with Crippen LogP contribution in [0, 0.1) is 23.0 Å². The molecule has 1 saturated heterocycles. The molecule has 1 aliphatic heterocycles. The van der Waals surface area contributed by atoms with E-state index in [4.69, 9.17) is 0 Å². The van der Waals surface area contributed by atoms with Gasteiger partial charge in [-0.15, -0.1) is 0 Å². The monoisotopic (exact) mass is 417 g/mol. The molecule has 1 aliphatic rings. The topological polar surface area (TPSA) is 69.7 Å². The number of carbonyl (C=O) groups excluding carboxylic acids is 1. The first-order chi connectivity index (χ1) is 12.9. The lowest BCUT2D eigenvalue weighted by Gasteiger charge is -2.32. The van der Waals surface area contributed by atoms with E-state index in [0.29, 0.717) is 25.5 Å². The highest BCUT2D eigenvalue weighted by Crippen LogP contribution is 2.26. The Morgan fingerprint density at radius 2 is 1.86 bits per heavy atom. The Morgan fingerprint density at radius 1 is 1.25 bits per heavy atom. The molecule has 9 heteroatoms. The van der Waals surface area contributed by atoms with Crippen molar-refractivity contribution in [2.75, 3.05) is 40.3 Å². The highest BCUT2D eigenvalue weighted by Gasteiger charge is 2.34. The van der Waals surface area contributed by atoms with Crippen molar-refractivity contribution in [2.24, 2.45) is 11.3 Å². The average Bonchev–Trinajstić information content (AvgIpc) is 2.58. The zero-order chi connectivity index (χ0) is 21.1. The number of piperidine rings is 1. The molecule has 0 bridgehead atoms. The third-order valence-corrected chi connectivity index (χ3v) is 6.75. The van der Waals surface area contributed by atoms with Gasteiger partial charge in [0.05, 0.1) is 0 Å². The van der Waals surface area contributed by atoms with Crippen LogP contribution in [0.4, 0.5) is 8.78 Å². The summed E-state index contributed by atoms with van der Waals surface area (Å²) < 4.78 is 53.3. The van der Waals surface area contributed by atoms with E-state index < -0.39 is 26.6 Å². The van der Waals surface area contributed by atoms with Crippen molar-refractivity contribution in [3.05, 3.63) is 29.8 Å². The molecule has 1 aromatic rings. The normalized spacial score (nSPS) is 17.1. The molecule has 1 amide bonds. The minimum atomic E-state index is -4.05. The van der Waals surface area contributed by atoms with Crippen LogP contribution >= 0.6 is 0 Å². The van der Waals surface area contributed by atoms with E-state index in [0.717, 1.165) is 23.0 Å². The highest BCUT2D eigenvalue weighted by atomic mass is 32.2. The van der Waals surface area contributed by atoms with E-state index in [-0.39, 0.29) is 30.3 Å². The molecule has 28 heavy (non-hydrogen) atoms. The van der Waals surface area contributed by atoms with Crippen molar-refractivity contribution < 1.29 is 22.0 Å². The van der Waals surface area contributed by atoms with Crippen molar-refractivity contribution in [1.29, 1.82) is 0 Å². The number of nitrogens with one attached hydrogen (secondary N) is 1. The molecule has 0 atom stereocenters. The van der Waals surface area contributed by atoms with Gasteiger partial charge in [0, 0.05) is 38.2 Å². The Morgan fingerprint density at radius 3 is 2.39 bits per heavy atom. The molecule has 0 saturated carbocycles. The zero-order valence-electron chi connectivity index (χ0n) is 16.8. The summed E-state index contributed by atoms with van der Waals surface area (Å²) in [6.45, 7) is 5.74. The summed E-state index contributed by atoms with van der Waals surface area (Å²) >= 11 is 0. The van der Waals surface area contributed by atoms with Crippen molar-refractivity contribution in [1.82, 2.24) is 14.5 Å². The second-order valence-electron chi connectivity index (χ2n) is 8.37. The van der Waals surface area contributed by atoms with Crippen molar-refractivity contribution in [3.8, 4) is 0 Å². The van der Waals surface area contributed by atoms with Gasteiger partial charge in [0.25, 0.3) is 0 Å². The number of sulfonamides is 1. The van der Waals surface area contributed by atoms with E-state index >= 15 is 0 Å². The number of hydrogen-bond acceptors (Lipinski definition) is 4. The number of benzene rings is 1. The largest absolute Gasteiger partial charge is 0.355 e. The molecule has 0 aliphatic carbocycles. The average molecular weight is 418 g/mol. The number of carbonyl (C=O) groups is 1. The molecule has 1 aromatic carbocycles. The summed E-state index contributed by atoms with van der Waals surface area (Å²) in [4.78, 5) is 14.0. The van der Waals surface area contributed by atoms with Crippen LogP contribution in [0.25, 0.3) is 0 Å². The van der Waals surface area contributed by atoms with Gasteiger partial charge in [-0.1, -0.05) is 13.8 Å². The molecule has 0 spiro atoms. The number of amides is 1. The maximum Gasteiger partial charge on any atom is 0.245 e.